The average Bonchev–Trinajstić information content (AvgIpc) is 1.85. The number of carbonyl (C=O) groups is 2. The van der Waals surface area contributed by atoms with E-state index in [2.05, 4.69) is 17.4 Å². The number of hydrogen-bond donors (Lipinski definition) is 2. The molecule has 0 aromatic rings. The van der Waals surface area contributed by atoms with E-state index in [1.165, 1.54) is 0 Å². The van der Waals surface area contributed by atoms with Gasteiger partial charge in [0.1, 0.15) is 0 Å². The smallest absolute Gasteiger partial charge is 0.312 e. The molecule has 0 heterocycles. The summed E-state index contributed by atoms with van der Waals surface area (Å²) in [4.78, 5) is 21.5. The zero-order chi connectivity index (χ0) is 9.94. The van der Waals surface area contributed by atoms with Crippen LogP contribution in [0.25, 0.3) is 0 Å². The molecule has 0 aromatic heterocycles. The minimum absolute atomic E-state index is 0.499. The highest BCUT2D eigenvalue weighted by atomic mass is 32.1. The normalized spacial score (nSPS) is 13.7. The predicted molar refractivity (Wildman–Crippen MR) is 47.5 cm³/mol. The van der Waals surface area contributed by atoms with Gasteiger partial charge in [-0.1, -0.05) is 0 Å². The van der Waals surface area contributed by atoms with E-state index in [9.17, 15) is 9.59 Å². The second kappa shape index (κ2) is 3.80. The van der Waals surface area contributed by atoms with Gasteiger partial charge in [-0.3, -0.25) is 9.59 Å². The summed E-state index contributed by atoms with van der Waals surface area (Å²) >= 11 is 3.68. The van der Waals surface area contributed by atoms with E-state index >= 15 is 0 Å². The summed E-state index contributed by atoms with van der Waals surface area (Å²) in [6, 6.07) is 0. The molecule has 1 atom stereocenters. The molecular weight excluding hydrogens is 178 g/mol. The van der Waals surface area contributed by atoms with Crippen LogP contribution in [0.4, 0.5) is 0 Å². The molecule has 4 nitrogen and oxygen atoms in total. The van der Waals surface area contributed by atoms with Crippen molar-refractivity contribution in [2.75, 3.05) is 0 Å². The van der Waals surface area contributed by atoms with Gasteiger partial charge in [-0.05, 0) is 20.8 Å². The first kappa shape index (κ1) is 11.3. The molecule has 0 saturated carbocycles. The topological polar surface area (TPSA) is 69.4 Å². The highest BCUT2D eigenvalue weighted by Gasteiger charge is 2.26. The Bertz CT molecular complexity index is 197. The SMILES string of the molecule is CC(C)(C)C(=O)OC(S)C(N)=O. The Kier molecular flexibility index (Phi) is 3.57. The van der Waals surface area contributed by atoms with Crippen molar-refractivity contribution < 1.29 is 14.3 Å². The largest absolute Gasteiger partial charge is 0.441 e. The van der Waals surface area contributed by atoms with E-state index in [0.29, 0.717) is 0 Å². The van der Waals surface area contributed by atoms with Gasteiger partial charge in [-0.2, -0.15) is 0 Å². The summed E-state index contributed by atoms with van der Waals surface area (Å²) in [7, 11) is 0. The van der Waals surface area contributed by atoms with Gasteiger partial charge >= 0.3 is 5.97 Å². The average molecular weight is 191 g/mol. The zero-order valence-corrected chi connectivity index (χ0v) is 8.22. The molecule has 2 N–H and O–H groups in total. The predicted octanol–water partition coefficient (Wildman–Crippen LogP) is 0.317. The van der Waals surface area contributed by atoms with Crippen LogP contribution >= 0.6 is 12.6 Å². The molecule has 0 aliphatic heterocycles. The first-order valence-corrected chi connectivity index (χ1v) is 3.95. The standard InChI is InChI=1S/C7H13NO3S/c1-7(2,3)6(10)11-5(12)4(8)9/h5,12H,1-3H3,(H2,8,9). The number of esters is 1. The second-order valence-electron chi connectivity index (χ2n) is 3.41. The third kappa shape index (κ3) is 3.61. The van der Waals surface area contributed by atoms with Crippen LogP contribution < -0.4 is 5.73 Å². The van der Waals surface area contributed by atoms with Gasteiger partial charge in [0, 0.05) is 0 Å². The van der Waals surface area contributed by atoms with E-state index in [1.54, 1.807) is 20.8 Å². The summed E-state index contributed by atoms with van der Waals surface area (Å²) in [5.41, 5.74) is 3.04. The number of ether oxygens (including phenoxy) is 1. The van der Waals surface area contributed by atoms with Gasteiger partial charge in [0.2, 0.25) is 5.44 Å². The molecule has 0 radical (unpaired) electrons. The lowest BCUT2D eigenvalue weighted by molar-refractivity contribution is -0.157. The maximum atomic E-state index is 11.1. The van der Waals surface area contributed by atoms with Gasteiger partial charge in [0.25, 0.3) is 5.91 Å². The maximum Gasteiger partial charge on any atom is 0.312 e. The minimum atomic E-state index is -1.16. The van der Waals surface area contributed by atoms with Crippen molar-refractivity contribution in [1.82, 2.24) is 0 Å². The summed E-state index contributed by atoms with van der Waals surface area (Å²) in [6.45, 7) is 5.03. The number of hydrogen-bond acceptors (Lipinski definition) is 4. The van der Waals surface area contributed by atoms with E-state index in [0.717, 1.165) is 0 Å². The van der Waals surface area contributed by atoms with Crippen LogP contribution in [0.15, 0.2) is 0 Å². The molecule has 0 aliphatic rings. The number of primary amides is 1. The summed E-state index contributed by atoms with van der Waals surface area (Å²) in [5, 5.41) is 0. The zero-order valence-electron chi connectivity index (χ0n) is 7.33. The van der Waals surface area contributed by atoms with Gasteiger partial charge in [-0.25, -0.2) is 0 Å². The van der Waals surface area contributed by atoms with E-state index in [1.807, 2.05) is 0 Å². The van der Waals surface area contributed by atoms with Crippen molar-refractivity contribution in [3.8, 4) is 0 Å². The first-order valence-electron chi connectivity index (χ1n) is 3.43. The molecule has 0 bridgehead atoms. The summed E-state index contributed by atoms with van der Waals surface area (Å²) < 4.78 is 4.63. The lowest BCUT2D eigenvalue weighted by atomic mass is 9.97. The van der Waals surface area contributed by atoms with E-state index in [4.69, 9.17) is 5.73 Å². The number of nitrogens with two attached hydrogens (primary N) is 1. The van der Waals surface area contributed by atoms with E-state index < -0.39 is 22.7 Å². The van der Waals surface area contributed by atoms with E-state index in [-0.39, 0.29) is 0 Å². The van der Waals surface area contributed by atoms with Crippen molar-refractivity contribution >= 4 is 24.5 Å². The molecule has 70 valence electrons. The van der Waals surface area contributed by atoms with Crippen LogP contribution in [-0.2, 0) is 14.3 Å². The second-order valence-corrected chi connectivity index (χ2v) is 3.88. The van der Waals surface area contributed by atoms with Crippen LogP contribution in [0.3, 0.4) is 0 Å². The minimum Gasteiger partial charge on any atom is -0.441 e. The molecule has 1 amide bonds. The third-order valence-electron chi connectivity index (χ3n) is 1.07. The summed E-state index contributed by atoms with van der Waals surface area (Å²) in [6.07, 6.45) is 0. The van der Waals surface area contributed by atoms with Gasteiger partial charge in [-0.15, -0.1) is 12.6 Å². The Morgan fingerprint density at radius 2 is 1.83 bits per heavy atom. The Morgan fingerprint density at radius 3 is 2.08 bits per heavy atom. The number of amides is 1. The Morgan fingerprint density at radius 1 is 1.42 bits per heavy atom. The number of rotatable bonds is 2. The Hall–Kier alpha value is -0.710. The van der Waals surface area contributed by atoms with Gasteiger partial charge < -0.3 is 10.5 Å². The Labute approximate surface area is 76.9 Å². The van der Waals surface area contributed by atoms with Crippen LogP contribution in [0.2, 0.25) is 0 Å². The fourth-order valence-corrected chi connectivity index (χ4v) is 0.432. The van der Waals surface area contributed by atoms with Gasteiger partial charge in [0.15, 0.2) is 0 Å². The molecule has 0 spiro atoms. The van der Waals surface area contributed by atoms with Crippen molar-refractivity contribution in [2.24, 2.45) is 11.1 Å². The molecule has 12 heavy (non-hydrogen) atoms. The molecule has 0 aromatic carbocycles. The highest BCUT2D eigenvalue weighted by Crippen LogP contribution is 2.16. The van der Waals surface area contributed by atoms with Crippen LogP contribution in [-0.4, -0.2) is 17.3 Å². The Balaban J connectivity index is 4.11. The van der Waals surface area contributed by atoms with Crippen LogP contribution in [0, 0.1) is 5.41 Å². The van der Waals surface area contributed by atoms with Crippen molar-refractivity contribution in [3.63, 3.8) is 0 Å². The van der Waals surface area contributed by atoms with Crippen LogP contribution in [0.5, 0.6) is 0 Å². The number of carbonyl (C=O) groups excluding carboxylic acids is 2. The molecular formula is C7H13NO3S. The summed E-state index contributed by atoms with van der Waals surface area (Å²) in [5.74, 6) is -1.27. The quantitative estimate of drug-likeness (QED) is 0.375. The van der Waals surface area contributed by atoms with Crippen molar-refractivity contribution in [1.29, 1.82) is 0 Å². The van der Waals surface area contributed by atoms with Crippen molar-refractivity contribution in [3.05, 3.63) is 0 Å². The lowest BCUT2D eigenvalue weighted by Crippen LogP contribution is -2.33. The fraction of sp³-hybridized carbons (Fsp3) is 0.714. The maximum absolute atomic E-state index is 11.1. The lowest BCUT2D eigenvalue weighted by Gasteiger charge is -2.18. The molecule has 0 rings (SSSR count). The highest BCUT2D eigenvalue weighted by molar-refractivity contribution is 7.81. The molecule has 0 fully saturated rings. The van der Waals surface area contributed by atoms with Crippen LogP contribution in [0.1, 0.15) is 20.8 Å². The molecule has 0 saturated heterocycles. The van der Waals surface area contributed by atoms with Gasteiger partial charge in [0.05, 0.1) is 5.41 Å². The van der Waals surface area contributed by atoms with Crippen molar-refractivity contribution in [2.45, 2.75) is 26.2 Å². The monoisotopic (exact) mass is 191 g/mol. The number of thiol groups is 1. The third-order valence-corrected chi connectivity index (χ3v) is 1.43. The first-order chi connectivity index (χ1) is 5.25. The molecule has 0 aliphatic carbocycles. The molecule has 1 unspecified atom stereocenters. The fourth-order valence-electron chi connectivity index (χ4n) is 0.336. The molecule has 5 heteroatoms.